The maximum atomic E-state index is 11.6. The van der Waals surface area contributed by atoms with E-state index in [4.69, 9.17) is 9.47 Å². The first-order chi connectivity index (χ1) is 10.2. The molecule has 1 aromatic heterocycles. The first-order valence-corrected chi connectivity index (χ1v) is 6.96. The molecule has 21 heavy (non-hydrogen) atoms. The number of ether oxygens (including phenoxy) is 2. The van der Waals surface area contributed by atoms with Crippen molar-refractivity contribution in [2.45, 2.75) is 26.4 Å². The lowest BCUT2D eigenvalue weighted by atomic mass is 10.1. The van der Waals surface area contributed by atoms with E-state index in [1.54, 1.807) is 7.11 Å². The van der Waals surface area contributed by atoms with E-state index in [1.165, 1.54) is 0 Å². The zero-order valence-electron chi connectivity index (χ0n) is 12.2. The van der Waals surface area contributed by atoms with Crippen LogP contribution in [0, 0.1) is 6.92 Å². The van der Waals surface area contributed by atoms with Gasteiger partial charge < -0.3 is 9.47 Å². The molecule has 0 spiro atoms. The van der Waals surface area contributed by atoms with Crippen LogP contribution in [0.25, 0.3) is 0 Å². The highest BCUT2D eigenvalue weighted by atomic mass is 16.5. The molecule has 1 aliphatic carbocycles. The summed E-state index contributed by atoms with van der Waals surface area (Å²) in [5, 5.41) is 0. The van der Waals surface area contributed by atoms with E-state index in [1.807, 2.05) is 37.3 Å². The molecule has 0 saturated carbocycles. The molecular weight excluding hydrogens is 266 g/mol. The lowest BCUT2D eigenvalue weighted by Crippen LogP contribution is -2.01. The van der Waals surface area contributed by atoms with Crippen LogP contribution in [0.3, 0.4) is 0 Å². The number of ketones is 1. The minimum atomic E-state index is 0.224. The Balaban J connectivity index is 1.73. The van der Waals surface area contributed by atoms with Crippen molar-refractivity contribution in [1.29, 1.82) is 0 Å². The molecule has 1 aromatic carbocycles. The minimum absolute atomic E-state index is 0.224. The van der Waals surface area contributed by atoms with Crippen LogP contribution in [0.4, 0.5) is 0 Å². The lowest BCUT2D eigenvalue weighted by Gasteiger charge is -2.09. The largest absolute Gasteiger partial charge is 0.497 e. The summed E-state index contributed by atoms with van der Waals surface area (Å²) in [5.41, 5.74) is 3.63. The number of Topliss-reactive ketones (excluding diaryl/α,β-unsaturated/α-hetero) is 1. The van der Waals surface area contributed by atoms with Crippen molar-refractivity contribution in [2.75, 3.05) is 7.11 Å². The zero-order chi connectivity index (χ0) is 14.8. The number of hydrogen-bond acceptors (Lipinski definition) is 4. The molecule has 0 amide bonds. The highest BCUT2D eigenvalue weighted by molar-refractivity contribution is 6.00. The van der Waals surface area contributed by atoms with Gasteiger partial charge in [-0.3, -0.25) is 9.78 Å². The number of carbonyl (C=O) groups excluding carboxylic acids is 1. The number of benzene rings is 1. The Morgan fingerprint density at radius 2 is 2.00 bits per heavy atom. The van der Waals surface area contributed by atoms with E-state index in [2.05, 4.69) is 4.98 Å². The van der Waals surface area contributed by atoms with E-state index in [0.29, 0.717) is 13.0 Å². The van der Waals surface area contributed by atoms with Gasteiger partial charge in [-0.25, -0.2) is 0 Å². The highest BCUT2D eigenvalue weighted by Gasteiger charge is 2.19. The highest BCUT2D eigenvalue weighted by Crippen LogP contribution is 2.26. The third kappa shape index (κ3) is 2.89. The Hall–Kier alpha value is -2.36. The number of pyridine rings is 1. The predicted octanol–water partition coefficient (Wildman–Crippen LogP) is 3.11. The summed E-state index contributed by atoms with van der Waals surface area (Å²) in [5.74, 6) is 1.77. The van der Waals surface area contributed by atoms with E-state index < -0.39 is 0 Å². The summed E-state index contributed by atoms with van der Waals surface area (Å²) < 4.78 is 11.0. The van der Waals surface area contributed by atoms with Crippen molar-refractivity contribution in [3.8, 4) is 11.5 Å². The van der Waals surface area contributed by atoms with Gasteiger partial charge in [-0.15, -0.1) is 0 Å². The van der Waals surface area contributed by atoms with E-state index >= 15 is 0 Å². The number of hydrogen-bond donors (Lipinski definition) is 0. The predicted molar refractivity (Wildman–Crippen MR) is 79.0 cm³/mol. The number of fused-ring (bicyclic) bond motifs is 1. The molecule has 0 atom stereocenters. The molecule has 2 aromatic rings. The van der Waals surface area contributed by atoms with Crippen LogP contribution >= 0.6 is 0 Å². The molecule has 0 unspecified atom stereocenters. The normalized spacial score (nSPS) is 13.1. The molecule has 108 valence electrons. The van der Waals surface area contributed by atoms with Gasteiger partial charge in [-0.05, 0) is 37.1 Å². The van der Waals surface area contributed by atoms with Gasteiger partial charge in [0.2, 0.25) is 0 Å². The second kappa shape index (κ2) is 5.56. The van der Waals surface area contributed by atoms with Gasteiger partial charge in [0.05, 0.1) is 12.8 Å². The van der Waals surface area contributed by atoms with Crippen LogP contribution in [0.2, 0.25) is 0 Å². The summed E-state index contributed by atoms with van der Waals surface area (Å²) in [6.45, 7) is 2.30. The van der Waals surface area contributed by atoms with Crippen molar-refractivity contribution in [2.24, 2.45) is 0 Å². The van der Waals surface area contributed by atoms with Crippen molar-refractivity contribution in [1.82, 2.24) is 4.98 Å². The van der Waals surface area contributed by atoms with Crippen molar-refractivity contribution >= 4 is 5.78 Å². The molecule has 4 nitrogen and oxygen atoms in total. The van der Waals surface area contributed by atoms with Gasteiger partial charge in [0.1, 0.15) is 18.1 Å². The van der Waals surface area contributed by atoms with Crippen molar-refractivity contribution < 1.29 is 14.3 Å². The number of methoxy groups -OCH3 is 1. The average molecular weight is 283 g/mol. The van der Waals surface area contributed by atoms with Crippen LogP contribution in [-0.2, 0) is 13.0 Å². The summed E-state index contributed by atoms with van der Waals surface area (Å²) in [4.78, 5) is 16.0. The fourth-order valence-electron chi connectivity index (χ4n) is 2.57. The first-order valence-electron chi connectivity index (χ1n) is 6.96. The van der Waals surface area contributed by atoms with Crippen molar-refractivity contribution in [3.05, 3.63) is 52.8 Å². The number of nitrogens with zero attached hydrogens (tertiary/aromatic N) is 1. The molecule has 1 heterocycles. The standard InChI is InChI=1S/C17H17NO3/c1-11-7-15(20-2)9-13(18-11)10-21-14-4-5-16-12(8-14)3-6-17(16)19/h4-5,7-9H,3,6,10H2,1-2H3. The summed E-state index contributed by atoms with van der Waals surface area (Å²) in [6.07, 6.45) is 1.41. The monoisotopic (exact) mass is 283 g/mol. The molecule has 0 aliphatic heterocycles. The number of aryl methyl sites for hydroxylation is 2. The third-order valence-corrected chi connectivity index (χ3v) is 3.60. The average Bonchev–Trinajstić information content (AvgIpc) is 2.85. The molecule has 1 aliphatic rings. The van der Waals surface area contributed by atoms with E-state index in [0.717, 1.165) is 40.4 Å². The number of rotatable bonds is 4. The van der Waals surface area contributed by atoms with Gasteiger partial charge in [-0.2, -0.15) is 0 Å². The third-order valence-electron chi connectivity index (χ3n) is 3.60. The SMILES string of the molecule is COc1cc(C)nc(COc2ccc3c(c2)CCC3=O)c1. The van der Waals surface area contributed by atoms with Gasteiger partial charge in [0, 0.05) is 29.8 Å². The topological polar surface area (TPSA) is 48.4 Å². The second-order valence-corrected chi connectivity index (χ2v) is 5.17. The molecule has 0 N–H and O–H groups in total. The van der Waals surface area contributed by atoms with Gasteiger partial charge in [0.25, 0.3) is 0 Å². The van der Waals surface area contributed by atoms with E-state index in [9.17, 15) is 4.79 Å². The van der Waals surface area contributed by atoms with Gasteiger partial charge in [0.15, 0.2) is 5.78 Å². The molecule has 4 heteroatoms. The van der Waals surface area contributed by atoms with Gasteiger partial charge in [-0.1, -0.05) is 0 Å². The molecular formula is C17H17NO3. The minimum Gasteiger partial charge on any atom is -0.497 e. The fraction of sp³-hybridized carbons (Fsp3) is 0.294. The van der Waals surface area contributed by atoms with Crippen LogP contribution in [0.5, 0.6) is 11.5 Å². The number of carbonyl (C=O) groups is 1. The maximum Gasteiger partial charge on any atom is 0.163 e. The Morgan fingerprint density at radius 1 is 1.14 bits per heavy atom. The Kier molecular flexibility index (Phi) is 3.60. The van der Waals surface area contributed by atoms with Crippen LogP contribution < -0.4 is 9.47 Å². The first kappa shape index (κ1) is 13.6. The van der Waals surface area contributed by atoms with Crippen LogP contribution in [0.1, 0.15) is 33.7 Å². The quantitative estimate of drug-likeness (QED) is 0.865. The molecule has 0 saturated heterocycles. The maximum absolute atomic E-state index is 11.6. The summed E-state index contributed by atoms with van der Waals surface area (Å²) in [6, 6.07) is 9.39. The molecule has 0 bridgehead atoms. The second-order valence-electron chi connectivity index (χ2n) is 5.17. The molecule has 3 rings (SSSR count). The van der Waals surface area contributed by atoms with Crippen molar-refractivity contribution in [3.63, 3.8) is 0 Å². The smallest absolute Gasteiger partial charge is 0.163 e. The Morgan fingerprint density at radius 3 is 2.81 bits per heavy atom. The number of aromatic nitrogens is 1. The van der Waals surface area contributed by atoms with E-state index in [-0.39, 0.29) is 5.78 Å². The Bertz CT molecular complexity index is 694. The van der Waals surface area contributed by atoms with Crippen LogP contribution in [-0.4, -0.2) is 17.9 Å². The fourth-order valence-corrected chi connectivity index (χ4v) is 2.57. The molecule has 0 fully saturated rings. The lowest BCUT2D eigenvalue weighted by molar-refractivity contribution is 0.0994. The summed E-state index contributed by atoms with van der Waals surface area (Å²) in [7, 11) is 1.64. The van der Waals surface area contributed by atoms with Gasteiger partial charge >= 0.3 is 0 Å². The Labute approximate surface area is 123 Å². The zero-order valence-corrected chi connectivity index (χ0v) is 12.2. The summed E-state index contributed by atoms with van der Waals surface area (Å²) >= 11 is 0. The molecule has 0 radical (unpaired) electrons. The van der Waals surface area contributed by atoms with Crippen LogP contribution in [0.15, 0.2) is 30.3 Å².